The Kier molecular flexibility index (Phi) is 4.12. The highest BCUT2D eigenvalue weighted by atomic mass is 15.2. The molecule has 4 heteroatoms. The molecule has 1 aromatic carbocycles. The van der Waals surface area contributed by atoms with Gasteiger partial charge in [0.15, 0.2) is 0 Å². The fraction of sp³-hybridized carbons (Fsp3) is 0.333. The Bertz CT molecular complexity index is 566. The van der Waals surface area contributed by atoms with Crippen molar-refractivity contribution in [2.75, 3.05) is 11.9 Å². The third-order valence-corrected chi connectivity index (χ3v) is 3.32. The number of hydrogen-bond acceptors (Lipinski definition) is 4. The Morgan fingerprint density at radius 3 is 2.42 bits per heavy atom. The Morgan fingerprint density at radius 2 is 1.79 bits per heavy atom. The van der Waals surface area contributed by atoms with Crippen LogP contribution in [0.1, 0.15) is 22.5 Å². The molecular weight excluding hydrogens is 236 g/mol. The Morgan fingerprint density at radius 1 is 1.11 bits per heavy atom. The summed E-state index contributed by atoms with van der Waals surface area (Å²) in [5.41, 5.74) is 10.1. The molecule has 0 radical (unpaired) electrons. The molecule has 0 aliphatic carbocycles. The summed E-state index contributed by atoms with van der Waals surface area (Å²) in [5, 5.41) is 0. The summed E-state index contributed by atoms with van der Waals surface area (Å²) in [7, 11) is 2.02. The molecule has 1 heterocycles. The van der Waals surface area contributed by atoms with Crippen LogP contribution in [0, 0.1) is 13.8 Å². The number of hydrogen-bond donors (Lipinski definition) is 1. The van der Waals surface area contributed by atoms with Crippen molar-refractivity contribution in [2.45, 2.75) is 26.9 Å². The molecule has 0 fully saturated rings. The van der Waals surface area contributed by atoms with Crippen molar-refractivity contribution in [3.63, 3.8) is 0 Å². The van der Waals surface area contributed by atoms with Crippen molar-refractivity contribution in [1.82, 2.24) is 9.97 Å². The maximum absolute atomic E-state index is 5.76. The molecular formula is C15H20N4. The number of rotatable bonds is 4. The molecule has 0 amide bonds. The van der Waals surface area contributed by atoms with E-state index in [9.17, 15) is 0 Å². The first-order valence-electron chi connectivity index (χ1n) is 6.40. The van der Waals surface area contributed by atoms with E-state index in [2.05, 4.69) is 27.0 Å². The summed E-state index contributed by atoms with van der Waals surface area (Å²) < 4.78 is 0. The zero-order valence-corrected chi connectivity index (χ0v) is 11.7. The van der Waals surface area contributed by atoms with Gasteiger partial charge in [-0.1, -0.05) is 24.3 Å². The first-order valence-corrected chi connectivity index (χ1v) is 6.40. The zero-order chi connectivity index (χ0) is 13.8. The van der Waals surface area contributed by atoms with E-state index in [1.54, 1.807) is 0 Å². The van der Waals surface area contributed by atoms with Crippen molar-refractivity contribution in [3.05, 3.63) is 53.0 Å². The van der Waals surface area contributed by atoms with Gasteiger partial charge in [0.25, 0.3) is 0 Å². The van der Waals surface area contributed by atoms with E-state index in [1.807, 2.05) is 39.2 Å². The fourth-order valence-electron chi connectivity index (χ4n) is 1.96. The lowest BCUT2D eigenvalue weighted by Gasteiger charge is -2.20. The predicted molar refractivity (Wildman–Crippen MR) is 77.9 cm³/mol. The van der Waals surface area contributed by atoms with Crippen molar-refractivity contribution in [1.29, 1.82) is 0 Å². The third-order valence-electron chi connectivity index (χ3n) is 3.32. The number of anilines is 1. The average Bonchev–Trinajstić information content (AvgIpc) is 2.42. The molecule has 0 spiro atoms. The van der Waals surface area contributed by atoms with Gasteiger partial charge in [-0.25, -0.2) is 4.98 Å². The number of aryl methyl sites for hydroxylation is 2. The summed E-state index contributed by atoms with van der Waals surface area (Å²) >= 11 is 0. The van der Waals surface area contributed by atoms with E-state index < -0.39 is 0 Å². The lowest BCUT2D eigenvalue weighted by Crippen LogP contribution is -2.20. The standard InChI is InChI=1S/C15H20N4/c1-11-12(2)18-15(9-17-11)19(3)10-14-7-5-4-6-13(14)8-16/h4-7,9H,8,10,16H2,1-3H3. The van der Waals surface area contributed by atoms with Gasteiger partial charge >= 0.3 is 0 Å². The Balaban J connectivity index is 2.20. The molecule has 4 nitrogen and oxygen atoms in total. The molecule has 0 aliphatic rings. The van der Waals surface area contributed by atoms with Crippen LogP contribution in [0.5, 0.6) is 0 Å². The minimum Gasteiger partial charge on any atom is -0.354 e. The maximum atomic E-state index is 5.76. The molecule has 19 heavy (non-hydrogen) atoms. The molecule has 1 aromatic heterocycles. The van der Waals surface area contributed by atoms with Crippen LogP contribution in [0.4, 0.5) is 5.82 Å². The summed E-state index contributed by atoms with van der Waals surface area (Å²) in [5.74, 6) is 0.884. The topological polar surface area (TPSA) is 55.0 Å². The molecule has 100 valence electrons. The highest BCUT2D eigenvalue weighted by Crippen LogP contribution is 2.16. The van der Waals surface area contributed by atoms with Crippen molar-refractivity contribution in [2.24, 2.45) is 5.73 Å². The van der Waals surface area contributed by atoms with Crippen LogP contribution in [0.25, 0.3) is 0 Å². The number of benzene rings is 1. The van der Waals surface area contributed by atoms with Gasteiger partial charge in [0.1, 0.15) is 5.82 Å². The molecule has 2 N–H and O–H groups in total. The summed E-state index contributed by atoms with van der Waals surface area (Å²) in [6.07, 6.45) is 1.81. The monoisotopic (exact) mass is 256 g/mol. The molecule has 0 bridgehead atoms. The second-order valence-corrected chi connectivity index (χ2v) is 4.73. The van der Waals surface area contributed by atoms with E-state index in [4.69, 9.17) is 5.73 Å². The molecule has 0 atom stereocenters. The van der Waals surface area contributed by atoms with Gasteiger partial charge in [0.2, 0.25) is 0 Å². The van der Waals surface area contributed by atoms with E-state index in [-0.39, 0.29) is 0 Å². The number of aromatic nitrogens is 2. The van der Waals surface area contributed by atoms with E-state index in [1.165, 1.54) is 11.1 Å². The highest BCUT2D eigenvalue weighted by Gasteiger charge is 2.08. The minimum atomic E-state index is 0.558. The van der Waals surface area contributed by atoms with E-state index >= 15 is 0 Å². The SMILES string of the molecule is Cc1ncc(N(C)Cc2ccccc2CN)nc1C. The second-order valence-electron chi connectivity index (χ2n) is 4.73. The van der Waals surface area contributed by atoms with Gasteiger partial charge < -0.3 is 10.6 Å². The average molecular weight is 256 g/mol. The Hall–Kier alpha value is -1.94. The molecule has 0 aliphatic heterocycles. The van der Waals surface area contributed by atoms with Gasteiger partial charge in [-0.2, -0.15) is 0 Å². The number of nitrogens with two attached hydrogens (primary N) is 1. The number of nitrogens with zero attached hydrogens (tertiary/aromatic N) is 3. The molecule has 0 saturated heterocycles. The molecule has 0 saturated carbocycles. The van der Waals surface area contributed by atoms with Gasteiger partial charge in [-0.05, 0) is 25.0 Å². The van der Waals surface area contributed by atoms with Crippen LogP contribution < -0.4 is 10.6 Å². The first-order chi connectivity index (χ1) is 9.11. The van der Waals surface area contributed by atoms with Crippen molar-refractivity contribution >= 4 is 5.82 Å². The van der Waals surface area contributed by atoms with Crippen LogP contribution in [-0.4, -0.2) is 17.0 Å². The highest BCUT2D eigenvalue weighted by molar-refractivity contribution is 5.39. The van der Waals surface area contributed by atoms with Crippen LogP contribution in [0.3, 0.4) is 0 Å². The van der Waals surface area contributed by atoms with Gasteiger partial charge in [-0.15, -0.1) is 0 Å². The van der Waals surface area contributed by atoms with Gasteiger partial charge in [-0.3, -0.25) is 4.98 Å². The normalized spacial score (nSPS) is 10.5. The van der Waals surface area contributed by atoms with Crippen molar-refractivity contribution in [3.8, 4) is 0 Å². The maximum Gasteiger partial charge on any atom is 0.147 e. The Labute approximate surface area is 114 Å². The second kappa shape index (κ2) is 5.80. The molecule has 2 rings (SSSR count). The third kappa shape index (κ3) is 3.09. The van der Waals surface area contributed by atoms with E-state index in [0.717, 1.165) is 23.8 Å². The van der Waals surface area contributed by atoms with Crippen LogP contribution in [0.15, 0.2) is 30.5 Å². The first kappa shape index (κ1) is 13.5. The van der Waals surface area contributed by atoms with Gasteiger partial charge in [0.05, 0.1) is 17.6 Å². The van der Waals surface area contributed by atoms with Crippen molar-refractivity contribution < 1.29 is 0 Å². The summed E-state index contributed by atoms with van der Waals surface area (Å²) in [6.45, 7) is 5.29. The fourth-order valence-corrected chi connectivity index (χ4v) is 1.96. The lowest BCUT2D eigenvalue weighted by molar-refractivity contribution is 0.859. The lowest BCUT2D eigenvalue weighted by atomic mass is 10.1. The smallest absolute Gasteiger partial charge is 0.147 e. The summed E-state index contributed by atoms with van der Waals surface area (Å²) in [4.78, 5) is 11.0. The predicted octanol–water partition coefficient (Wildman–Crippen LogP) is 2.19. The quantitative estimate of drug-likeness (QED) is 0.911. The largest absolute Gasteiger partial charge is 0.354 e. The minimum absolute atomic E-state index is 0.558. The van der Waals surface area contributed by atoms with E-state index in [0.29, 0.717) is 6.54 Å². The molecule has 0 unspecified atom stereocenters. The zero-order valence-electron chi connectivity index (χ0n) is 11.7. The van der Waals surface area contributed by atoms with Crippen LogP contribution >= 0.6 is 0 Å². The molecule has 2 aromatic rings. The summed E-state index contributed by atoms with van der Waals surface area (Å²) in [6, 6.07) is 8.22. The van der Waals surface area contributed by atoms with Gasteiger partial charge in [0, 0.05) is 20.1 Å². The van der Waals surface area contributed by atoms with Crippen LogP contribution in [0.2, 0.25) is 0 Å². The van der Waals surface area contributed by atoms with Crippen LogP contribution in [-0.2, 0) is 13.1 Å².